The number of carbonyl (C=O) groups is 1. The Morgan fingerprint density at radius 3 is 3.00 bits per heavy atom. The third kappa shape index (κ3) is 4.89. The molecule has 5 nitrogen and oxygen atoms in total. The van der Waals surface area contributed by atoms with E-state index in [1.807, 2.05) is 6.92 Å². The number of nitrogens with zero attached hydrogens (tertiary/aromatic N) is 1. The van der Waals surface area contributed by atoms with Gasteiger partial charge in [0.25, 0.3) is 0 Å². The molecule has 0 radical (unpaired) electrons. The molecule has 2 rings (SSSR count). The summed E-state index contributed by atoms with van der Waals surface area (Å²) in [6, 6.07) is 3.55. The Labute approximate surface area is 112 Å². The van der Waals surface area contributed by atoms with Crippen LogP contribution < -0.4 is 0 Å². The highest BCUT2D eigenvalue weighted by Gasteiger charge is 2.15. The highest BCUT2D eigenvalue weighted by Crippen LogP contribution is 2.04. The smallest absolute Gasteiger partial charge is 0.331 e. The minimum absolute atomic E-state index is 0.133. The lowest BCUT2D eigenvalue weighted by molar-refractivity contribution is -0.143. The number of rotatable bonds is 5. The van der Waals surface area contributed by atoms with Gasteiger partial charge in [0.1, 0.15) is 11.9 Å². The van der Waals surface area contributed by atoms with Crippen molar-refractivity contribution in [2.24, 2.45) is 0 Å². The Morgan fingerprint density at radius 1 is 1.53 bits per heavy atom. The van der Waals surface area contributed by atoms with E-state index in [9.17, 15) is 4.79 Å². The number of ether oxygens (including phenoxy) is 2. The molecule has 1 aliphatic heterocycles. The molecule has 0 aromatic carbocycles. The number of morpholine rings is 1. The third-order valence-electron chi connectivity index (χ3n) is 2.86. The zero-order valence-electron chi connectivity index (χ0n) is 11.1. The van der Waals surface area contributed by atoms with E-state index in [0.717, 1.165) is 32.8 Å². The Kier molecular flexibility index (Phi) is 5.18. The summed E-state index contributed by atoms with van der Waals surface area (Å²) in [6.45, 7) is 5.92. The molecule has 0 N–H and O–H groups in total. The molecule has 0 amide bonds. The van der Waals surface area contributed by atoms with Crippen LogP contribution in [0.5, 0.6) is 0 Å². The zero-order chi connectivity index (χ0) is 13.5. The first kappa shape index (κ1) is 13.8. The predicted octanol–water partition coefficient (Wildman–Crippen LogP) is 1.56. The maximum atomic E-state index is 11.6. The Bertz CT molecular complexity index is 407. The summed E-state index contributed by atoms with van der Waals surface area (Å²) < 4.78 is 15.7. The van der Waals surface area contributed by atoms with E-state index < -0.39 is 0 Å². The molecule has 1 unspecified atom stereocenters. The Morgan fingerprint density at radius 2 is 2.32 bits per heavy atom. The fraction of sp³-hybridized carbons (Fsp3) is 0.500. The van der Waals surface area contributed by atoms with Crippen molar-refractivity contribution in [3.8, 4) is 0 Å². The third-order valence-corrected chi connectivity index (χ3v) is 2.86. The summed E-state index contributed by atoms with van der Waals surface area (Å²) in [5, 5.41) is 0. The SMILES string of the molecule is CC(CN1CCOCC1)OC(=O)/C=C/c1ccco1. The standard InChI is InChI=1S/C14H19NO4/c1-12(11-15-6-9-17-10-7-15)19-14(16)5-4-13-3-2-8-18-13/h2-5,8,12H,6-7,9-11H2,1H3/b5-4+. The van der Waals surface area contributed by atoms with Gasteiger partial charge >= 0.3 is 5.97 Å². The first-order chi connectivity index (χ1) is 9.24. The monoisotopic (exact) mass is 265 g/mol. The van der Waals surface area contributed by atoms with Gasteiger partial charge in [-0.1, -0.05) is 0 Å². The van der Waals surface area contributed by atoms with Crippen LogP contribution in [-0.2, 0) is 14.3 Å². The number of hydrogen-bond acceptors (Lipinski definition) is 5. The van der Waals surface area contributed by atoms with Crippen LogP contribution in [0.1, 0.15) is 12.7 Å². The van der Waals surface area contributed by atoms with E-state index in [2.05, 4.69) is 4.90 Å². The van der Waals surface area contributed by atoms with Crippen molar-refractivity contribution in [2.75, 3.05) is 32.8 Å². The van der Waals surface area contributed by atoms with Crippen molar-refractivity contribution < 1.29 is 18.7 Å². The normalized spacial score (nSPS) is 18.6. The molecule has 1 aromatic rings. The lowest BCUT2D eigenvalue weighted by atomic mass is 10.3. The lowest BCUT2D eigenvalue weighted by Gasteiger charge is -2.28. The maximum absolute atomic E-state index is 11.6. The number of hydrogen-bond donors (Lipinski definition) is 0. The summed E-state index contributed by atoms with van der Waals surface area (Å²) in [5.41, 5.74) is 0. The minimum atomic E-state index is -0.350. The highest BCUT2D eigenvalue weighted by molar-refractivity contribution is 5.86. The van der Waals surface area contributed by atoms with Gasteiger partial charge in [-0.15, -0.1) is 0 Å². The molecule has 0 bridgehead atoms. The minimum Gasteiger partial charge on any atom is -0.465 e. The molecule has 1 aromatic heterocycles. The number of esters is 1. The van der Waals surface area contributed by atoms with Crippen LogP contribution in [0.2, 0.25) is 0 Å². The van der Waals surface area contributed by atoms with Crippen molar-refractivity contribution in [1.29, 1.82) is 0 Å². The average Bonchev–Trinajstić information content (AvgIpc) is 2.90. The topological polar surface area (TPSA) is 51.9 Å². The summed E-state index contributed by atoms with van der Waals surface area (Å²) in [5.74, 6) is 0.287. The fourth-order valence-electron chi connectivity index (χ4n) is 1.96. The van der Waals surface area contributed by atoms with Crippen molar-refractivity contribution in [3.63, 3.8) is 0 Å². The predicted molar refractivity (Wildman–Crippen MR) is 70.6 cm³/mol. The second-order valence-electron chi connectivity index (χ2n) is 4.51. The molecule has 1 atom stereocenters. The zero-order valence-corrected chi connectivity index (χ0v) is 11.1. The maximum Gasteiger partial charge on any atom is 0.331 e. The van der Waals surface area contributed by atoms with Crippen LogP contribution in [0.15, 0.2) is 28.9 Å². The molecule has 5 heteroatoms. The van der Waals surface area contributed by atoms with Gasteiger partial charge < -0.3 is 13.9 Å². The van der Waals surface area contributed by atoms with E-state index >= 15 is 0 Å². The first-order valence-corrected chi connectivity index (χ1v) is 6.46. The molecule has 2 heterocycles. The van der Waals surface area contributed by atoms with Gasteiger partial charge in [0.15, 0.2) is 0 Å². The first-order valence-electron chi connectivity index (χ1n) is 6.46. The fourth-order valence-corrected chi connectivity index (χ4v) is 1.96. The van der Waals surface area contributed by atoms with E-state index in [1.165, 1.54) is 6.08 Å². The van der Waals surface area contributed by atoms with E-state index in [4.69, 9.17) is 13.9 Å². The van der Waals surface area contributed by atoms with Gasteiger partial charge in [-0.2, -0.15) is 0 Å². The van der Waals surface area contributed by atoms with Crippen molar-refractivity contribution in [1.82, 2.24) is 4.90 Å². The van der Waals surface area contributed by atoms with Gasteiger partial charge in [-0.25, -0.2) is 4.79 Å². The molecule has 1 saturated heterocycles. The lowest BCUT2D eigenvalue weighted by Crippen LogP contribution is -2.41. The highest BCUT2D eigenvalue weighted by atomic mass is 16.5. The molecule has 1 aliphatic rings. The molecule has 0 aliphatic carbocycles. The summed E-state index contributed by atoms with van der Waals surface area (Å²) in [4.78, 5) is 13.8. The van der Waals surface area contributed by atoms with E-state index in [0.29, 0.717) is 5.76 Å². The van der Waals surface area contributed by atoms with Gasteiger partial charge in [0.05, 0.1) is 19.5 Å². The van der Waals surface area contributed by atoms with Crippen molar-refractivity contribution in [2.45, 2.75) is 13.0 Å². The quantitative estimate of drug-likeness (QED) is 0.597. The molecule has 0 spiro atoms. The summed E-state index contributed by atoms with van der Waals surface area (Å²) >= 11 is 0. The second-order valence-corrected chi connectivity index (χ2v) is 4.51. The van der Waals surface area contributed by atoms with Gasteiger partial charge in [0, 0.05) is 25.7 Å². The van der Waals surface area contributed by atoms with Crippen molar-refractivity contribution >= 4 is 12.0 Å². The Hall–Kier alpha value is -1.59. The molecular formula is C14H19NO4. The second kappa shape index (κ2) is 7.11. The van der Waals surface area contributed by atoms with Crippen LogP contribution in [0.25, 0.3) is 6.08 Å². The van der Waals surface area contributed by atoms with Crippen LogP contribution in [0.3, 0.4) is 0 Å². The summed E-state index contributed by atoms with van der Waals surface area (Å²) in [7, 11) is 0. The largest absolute Gasteiger partial charge is 0.465 e. The molecule has 19 heavy (non-hydrogen) atoms. The number of carbonyl (C=O) groups excluding carboxylic acids is 1. The van der Waals surface area contributed by atoms with Crippen LogP contribution in [-0.4, -0.2) is 49.8 Å². The van der Waals surface area contributed by atoms with E-state index in [1.54, 1.807) is 24.5 Å². The summed E-state index contributed by atoms with van der Waals surface area (Å²) in [6.07, 6.45) is 4.41. The van der Waals surface area contributed by atoms with Gasteiger partial charge in [0.2, 0.25) is 0 Å². The van der Waals surface area contributed by atoms with Crippen LogP contribution >= 0.6 is 0 Å². The van der Waals surface area contributed by atoms with Gasteiger partial charge in [-0.05, 0) is 25.1 Å². The van der Waals surface area contributed by atoms with E-state index in [-0.39, 0.29) is 12.1 Å². The van der Waals surface area contributed by atoms with Crippen molar-refractivity contribution in [3.05, 3.63) is 30.2 Å². The van der Waals surface area contributed by atoms with Gasteiger partial charge in [-0.3, -0.25) is 4.90 Å². The number of furan rings is 1. The molecule has 104 valence electrons. The Balaban J connectivity index is 1.72. The molecule has 0 saturated carbocycles. The average molecular weight is 265 g/mol. The molecular weight excluding hydrogens is 246 g/mol. The van der Waals surface area contributed by atoms with Crippen LogP contribution in [0, 0.1) is 0 Å². The van der Waals surface area contributed by atoms with Crippen LogP contribution in [0.4, 0.5) is 0 Å². The molecule has 1 fully saturated rings.